The van der Waals surface area contributed by atoms with Gasteiger partial charge in [0.15, 0.2) is 0 Å². The lowest BCUT2D eigenvalue weighted by Gasteiger charge is -2.29. The Labute approximate surface area is 171 Å². The third-order valence-corrected chi connectivity index (χ3v) is 5.34. The summed E-state index contributed by atoms with van der Waals surface area (Å²) in [4.78, 5) is 19.2. The molecule has 0 fully saturated rings. The number of nitrogens with one attached hydrogen (secondary N) is 1. The SMILES string of the molecule is COc1ccccc1CCNC(=O)c1ccc(N2CCc3ccccc3C2)nc1. The minimum atomic E-state index is -0.108. The molecule has 4 rings (SSSR count). The van der Waals surface area contributed by atoms with Crippen LogP contribution in [0.1, 0.15) is 27.0 Å². The Balaban J connectivity index is 1.34. The van der Waals surface area contributed by atoms with E-state index in [9.17, 15) is 4.79 Å². The van der Waals surface area contributed by atoms with Gasteiger partial charge in [0, 0.05) is 25.8 Å². The zero-order chi connectivity index (χ0) is 20.1. The number of hydrogen-bond acceptors (Lipinski definition) is 4. The molecule has 2 heterocycles. The van der Waals surface area contributed by atoms with Crippen LogP contribution in [0.2, 0.25) is 0 Å². The first-order chi connectivity index (χ1) is 14.2. The molecule has 1 aliphatic heterocycles. The Morgan fingerprint density at radius 1 is 1.07 bits per heavy atom. The van der Waals surface area contributed by atoms with Crippen molar-refractivity contribution in [3.05, 3.63) is 89.1 Å². The van der Waals surface area contributed by atoms with Gasteiger partial charge in [-0.1, -0.05) is 42.5 Å². The average Bonchev–Trinajstić information content (AvgIpc) is 2.79. The number of rotatable bonds is 6. The molecule has 0 radical (unpaired) electrons. The third-order valence-electron chi connectivity index (χ3n) is 5.34. The molecule has 0 unspecified atom stereocenters. The van der Waals surface area contributed by atoms with E-state index in [0.717, 1.165) is 36.6 Å². The quantitative estimate of drug-likeness (QED) is 0.702. The normalized spacial score (nSPS) is 12.9. The molecule has 0 atom stereocenters. The number of fused-ring (bicyclic) bond motifs is 1. The van der Waals surface area contributed by atoms with Crippen LogP contribution >= 0.6 is 0 Å². The second-order valence-electron chi connectivity index (χ2n) is 7.16. The summed E-state index contributed by atoms with van der Waals surface area (Å²) < 4.78 is 5.35. The van der Waals surface area contributed by atoms with E-state index in [1.54, 1.807) is 13.3 Å². The fraction of sp³-hybridized carbons (Fsp3) is 0.250. The van der Waals surface area contributed by atoms with Gasteiger partial charge in [-0.15, -0.1) is 0 Å². The monoisotopic (exact) mass is 387 g/mol. The van der Waals surface area contributed by atoms with Crippen molar-refractivity contribution >= 4 is 11.7 Å². The number of amides is 1. The number of para-hydroxylation sites is 1. The summed E-state index contributed by atoms with van der Waals surface area (Å²) in [5.41, 5.74) is 4.41. The highest BCUT2D eigenvalue weighted by Crippen LogP contribution is 2.23. The number of aromatic nitrogens is 1. The second kappa shape index (κ2) is 8.78. The Morgan fingerprint density at radius 3 is 2.66 bits per heavy atom. The summed E-state index contributed by atoms with van der Waals surface area (Å²) >= 11 is 0. The summed E-state index contributed by atoms with van der Waals surface area (Å²) in [6.07, 6.45) is 3.39. The van der Waals surface area contributed by atoms with Crippen LogP contribution in [-0.2, 0) is 19.4 Å². The minimum absolute atomic E-state index is 0.108. The fourth-order valence-electron chi connectivity index (χ4n) is 3.72. The third kappa shape index (κ3) is 4.40. The molecule has 29 heavy (non-hydrogen) atoms. The first kappa shape index (κ1) is 19.0. The maximum atomic E-state index is 12.4. The summed E-state index contributed by atoms with van der Waals surface area (Å²) in [7, 11) is 1.66. The lowest BCUT2D eigenvalue weighted by atomic mass is 10.00. The second-order valence-corrected chi connectivity index (χ2v) is 7.16. The molecule has 5 heteroatoms. The molecular formula is C24H25N3O2. The molecule has 1 aliphatic rings. The van der Waals surface area contributed by atoms with E-state index in [2.05, 4.69) is 39.5 Å². The fourth-order valence-corrected chi connectivity index (χ4v) is 3.72. The van der Waals surface area contributed by atoms with Crippen LogP contribution in [-0.4, -0.2) is 31.1 Å². The summed E-state index contributed by atoms with van der Waals surface area (Å²) in [6.45, 7) is 2.34. The largest absolute Gasteiger partial charge is 0.496 e. The van der Waals surface area contributed by atoms with Crippen LogP contribution in [0.15, 0.2) is 66.9 Å². The average molecular weight is 387 g/mol. The van der Waals surface area contributed by atoms with E-state index in [0.29, 0.717) is 18.5 Å². The van der Waals surface area contributed by atoms with E-state index in [1.165, 1.54) is 11.1 Å². The zero-order valence-corrected chi connectivity index (χ0v) is 16.6. The maximum Gasteiger partial charge on any atom is 0.252 e. The van der Waals surface area contributed by atoms with Crippen molar-refractivity contribution in [3.8, 4) is 5.75 Å². The van der Waals surface area contributed by atoms with E-state index in [4.69, 9.17) is 4.74 Å². The Kier molecular flexibility index (Phi) is 5.75. The van der Waals surface area contributed by atoms with Gasteiger partial charge >= 0.3 is 0 Å². The first-order valence-electron chi connectivity index (χ1n) is 9.92. The number of carbonyl (C=O) groups excluding carboxylic acids is 1. The molecule has 0 saturated carbocycles. The van der Waals surface area contributed by atoms with Crippen molar-refractivity contribution < 1.29 is 9.53 Å². The van der Waals surface area contributed by atoms with E-state index in [1.807, 2.05) is 36.4 Å². The van der Waals surface area contributed by atoms with Crippen LogP contribution in [0.4, 0.5) is 5.82 Å². The molecule has 0 saturated heterocycles. The van der Waals surface area contributed by atoms with Crippen LogP contribution in [0.3, 0.4) is 0 Å². The Bertz CT molecular complexity index is 985. The van der Waals surface area contributed by atoms with Crippen LogP contribution < -0.4 is 15.0 Å². The van der Waals surface area contributed by atoms with Gasteiger partial charge in [0.25, 0.3) is 5.91 Å². The molecule has 0 aliphatic carbocycles. The van der Waals surface area contributed by atoms with Gasteiger partial charge in [-0.25, -0.2) is 4.98 Å². The highest BCUT2D eigenvalue weighted by atomic mass is 16.5. The molecule has 148 valence electrons. The van der Waals surface area contributed by atoms with Gasteiger partial charge in [-0.3, -0.25) is 4.79 Å². The van der Waals surface area contributed by atoms with Crippen molar-refractivity contribution in [3.63, 3.8) is 0 Å². The molecule has 1 aromatic heterocycles. The zero-order valence-electron chi connectivity index (χ0n) is 16.6. The van der Waals surface area contributed by atoms with Crippen LogP contribution in [0.5, 0.6) is 5.75 Å². The smallest absolute Gasteiger partial charge is 0.252 e. The van der Waals surface area contributed by atoms with Gasteiger partial charge in [0.1, 0.15) is 11.6 Å². The van der Waals surface area contributed by atoms with Crippen molar-refractivity contribution in [1.29, 1.82) is 0 Å². The van der Waals surface area contributed by atoms with Gasteiger partial charge in [0.2, 0.25) is 0 Å². The predicted molar refractivity (Wildman–Crippen MR) is 114 cm³/mol. The highest BCUT2D eigenvalue weighted by Gasteiger charge is 2.17. The van der Waals surface area contributed by atoms with Gasteiger partial charge < -0.3 is 15.0 Å². The lowest BCUT2D eigenvalue weighted by molar-refractivity contribution is 0.0953. The molecule has 1 N–H and O–H groups in total. The molecule has 5 nitrogen and oxygen atoms in total. The van der Waals surface area contributed by atoms with Crippen LogP contribution in [0.25, 0.3) is 0 Å². The molecule has 0 spiro atoms. The first-order valence-corrected chi connectivity index (χ1v) is 9.92. The predicted octanol–water partition coefficient (Wildman–Crippen LogP) is 3.63. The number of hydrogen-bond donors (Lipinski definition) is 1. The van der Waals surface area contributed by atoms with Gasteiger partial charge in [0.05, 0.1) is 12.7 Å². The number of pyridine rings is 1. The number of ether oxygens (including phenoxy) is 1. The van der Waals surface area contributed by atoms with Crippen molar-refractivity contribution in [1.82, 2.24) is 10.3 Å². The topological polar surface area (TPSA) is 54.5 Å². The van der Waals surface area contributed by atoms with Crippen molar-refractivity contribution in [2.75, 3.05) is 25.1 Å². The van der Waals surface area contributed by atoms with Crippen molar-refractivity contribution in [2.24, 2.45) is 0 Å². The summed E-state index contributed by atoms with van der Waals surface area (Å²) in [5.74, 6) is 1.64. The standard InChI is InChI=1S/C24H25N3O2/c1-29-22-9-5-4-7-19(22)12-14-25-24(28)20-10-11-23(26-16-20)27-15-13-18-6-2-3-8-21(18)17-27/h2-11,16H,12-15,17H2,1H3,(H,25,28). The van der Waals surface area contributed by atoms with Gasteiger partial charge in [-0.2, -0.15) is 0 Å². The molecular weight excluding hydrogens is 362 g/mol. The van der Waals surface area contributed by atoms with Crippen molar-refractivity contribution in [2.45, 2.75) is 19.4 Å². The molecule has 0 bridgehead atoms. The highest BCUT2D eigenvalue weighted by molar-refractivity contribution is 5.94. The lowest BCUT2D eigenvalue weighted by Crippen LogP contribution is -2.31. The maximum absolute atomic E-state index is 12.4. The number of carbonyl (C=O) groups is 1. The Morgan fingerprint density at radius 2 is 1.86 bits per heavy atom. The summed E-state index contributed by atoms with van der Waals surface area (Å²) in [6, 6.07) is 20.2. The number of methoxy groups -OCH3 is 1. The molecule has 2 aromatic carbocycles. The minimum Gasteiger partial charge on any atom is -0.496 e. The van der Waals surface area contributed by atoms with Gasteiger partial charge in [-0.05, 0) is 47.7 Å². The van der Waals surface area contributed by atoms with E-state index >= 15 is 0 Å². The number of nitrogens with zero attached hydrogens (tertiary/aromatic N) is 2. The van der Waals surface area contributed by atoms with E-state index < -0.39 is 0 Å². The molecule has 1 amide bonds. The summed E-state index contributed by atoms with van der Waals surface area (Å²) in [5, 5.41) is 2.96. The molecule has 3 aromatic rings. The Hall–Kier alpha value is -3.34. The van der Waals surface area contributed by atoms with Crippen LogP contribution in [0, 0.1) is 0 Å². The number of anilines is 1. The number of benzene rings is 2. The van der Waals surface area contributed by atoms with E-state index in [-0.39, 0.29) is 5.91 Å².